The molecule has 0 saturated carbocycles. The molecular formula is C22H21NO4. The van der Waals surface area contributed by atoms with E-state index in [0.29, 0.717) is 18.8 Å². The maximum Gasteiger partial charge on any atom is 0.252 e. The first-order valence-electron chi connectivity index (χ1n) is 8.99. The highest BCUT2D eigenvalue weighted by atomic mass is 16.6. The lowest BCUT2D eigenvalue weighted by atomic mass is 9.92. The molecule has 1 aliphatic rings. The summed E-state index contributed by atoms with van der Waals surface area (Å²) in [5.74, 6) is -0.112. The summed E-state index contributed by atoms with van der Waals surface area (Å²) >= 11 is 0. The van der Waals surface area contributed by atoms with Crippen LogP contribution in [0.5, 0.6) is 5.75 Å². The summed E-state index contributed by atoms with van der Waals surface area (Å²) in [7, 11) is 0. The van der Waals surface area contributed by atoms with Crippen molar-refractivity contribution in [2.24, 2.45) is 0 Å². The van der Waals surface area contributed by atoms with Crippen LogP contribution in [0.1, 0.15) is 17.2 Å². The number of rotatable bonds is 4. The summed E-state index contributed by atoms with van der Waals surface area (Å²) in [5, 5.41) is 15.6. The SMILES string of the molecule is O=C(NC(c1ccccc1)c1c(O)ccc2ccccc12)C1COCCO1. The molecule has 27 heavy (non-hydrogen) atoms. The van der Waals surface area contributed by atoms with Gasteiger partial charge in [-0.3, -0.25) is 4.79 Å². The molecule has 3 aromatic rings. The van der Waals surface area contributed by atoms with E-state index < -0.39 is 12.1 Å². The van der Waals surface area contributed by atoms with Gasteiger partial charge in [0.05, 0.1) is 25.9 Å². The molecule has 0 spiro atoms. The highest BCUT2D eigenvalue weighted by Gasteiger charge is 2.28. The van der Waals surface area contributed by atoms with Crippen molar-refractivity contribution in [3.05, 3.63) is 77.9 Å². The number of phenolic OH excluding ortho intramolecular Hbond substituents is 1. The molecule has 0 bridgehead atoms. The average molecular weight is 363 g/mol. The smallest absolute Gasteiger partial charge is 0.252 e. The number of aromatic hydroxyl groups is 1. The van der Waals surface area contributed by atoms with Gasteiger partial charge in [-0.2, -0.15) is 0 Å². The second-order valence-electron chi connectivity index (χ2n) is 6.51. The van der Waals surface area contributed by atoms with Gasteiger partial charge in [-0.05, 0) is 22.4 Å². The zero-order valence-electron chi connectivity index (χ0n) is 14.8. The van der Waals surface area contributed by atoms with Crippen LogP contribution in [0.15, 0.2) is 66.7 Å². The van der Waals surface area contributed by atoms with Crippen LogP contribution in [-0.2, 0) is 14.3 Å². The van der Waals surface area contributed by atoms with Crippen LogP contribution >= 0.6 is 0 Å². The predicted octanol–water partition coefficient (Wildman–Crippen LogP) is 3.17. The van der Waals surface area contributed by atoms with Crippen molar-refractivity contribution in [2.45, 2.75) is 12.1 Å². The first kappa shape index (κ1) is 17.5. The normalized spacial score (nSPS) is 18.1. The number of fused-ring (bicyclic) bond motifs is 1. The molecule has 1 amide bonds. The summed E-state index contributed by atoms with van der Waals surface area (Å²) in [6, 6.07) is 20.5. The lowest BCUT2D eigenvalue weighted by molar-refractivity contribution is -0.148. The van der Waals surface area contributed by atoms with E-state index in [-0.39, 0.29) is 18.3 Å². The summed E-state index contributed by atoms with van der Waals surface area (Å²) in [6.07, 6.45) is -0.651. The molecule has 0 aliphatic carbocycles. The molecule has 1 heterocycles. The Morgan fingerprint density at radius 3 is 2.56 bits per heavy atom. The standard InChI is InChI=1S/C22H21NO4/c24-18-11-10-15-6-4-5-9-17(15)20(18)21(16-7-2-1-3-8-16)23-22(25)19-14-26-12-13-27-19/h1-11,19,21,24H,12-14H2,(H,23,25). The molecule has 1 saturated heterocycles. The van der Waals surface area contributed by atoms with Crippen molar-refractivity contribution >= 4 is 16.7 Å². The van der Waals surface area contributed by atoms with E-state index in [0.717, 1.165) is 16.3 Å². The van der Waals surface area contributed by atoms with Crippen molar-refractivity contribution in [2.75, 3.05) is 19.8 Å². The first-order chi connectivity index (χ1) is 13.2. The van der Waals surface area contributed by atoms with Crippen molar-refractivity contribution in [3.8, 4) is 5.75 Å². The minimum atomic E-state index is -0.651. The number of nitrogens with one attached hydrogen (secondary N) is 1. The Labute approximate surface area is 157 Å². The Balaban J connectivity index is 1.77. The lowest BCUT2D eigenvalue weighted by Crippen LogP contribution is -2.44. The van der Waals surface area contributed by atoms with Gasteiger partial charge >= 0.3 is 0 Å². The molecule has 2 atom stereocenters. The molecule has 0 radical (unpaired) electrons. The number of amides is 1. The zero-order chi connectivity index (χ0) is 18.6. The van der Waals surface area contributed by atoms with Gasteiger partial charge in [-0.25, -0.2) is 0 Å². The fraction of sp³-hybridized carbons (Fsp3) is 0.227. The summed E-state index contributed by atoms with van der Waals surface area (Å²) < 4.78 is 10.9. The molecule has 4 rings (SSSR count). The van der Waals surface area contributed by atoms with E-state index in [1.54, 1.807) is 6.07 Å². The monoisotopic (exact) mass is 363 g/mol. The number of carbonyl (C=O) groups is 1. The lowest BCUT2D eigenvalue weighted by Gasteiger charge is -2.27. The van der Waals surface area contributed by atoms with Crippen LogP contribution in [0, 0.1) is 0 Å². The fourth-order valence-corrected chi connectivity index (χ4v) is 3.43. The van der Waals surface area contributed by atoms with E-state index in [1.165, 1.54) is 0 Å². The van der Waals surface area contributed by atoms with E-state index >= 15 is 0 Å². The minimum absolute atomic E-state index is 0.142. The maximum atomic E-state index is 12.8. The molecule has 1 fully saturated rings. The molecular weight excluding hydrogens is 342 g/mol. The topological polar surface area (TPSA) is 67.8 Å². The quantitative estimate of drug-likeness (QED) is 0.747. The van der Waals surface area contributed by atoms with Crippen molar-refractivity contribution in [1.82, 2.24) is 5.32 Å². The second-order valence-corrected chi connectivity index (χ2v) is 6.51. The molecule has 0 aromatic heterocycles. The average Bonchev–Trinajstić information content (AvgIpc) is 2.73. The molecule has 5 heteroatoms. The highest BCUT2D eigenvalue weighted by molar-refractivity contribution is 5.90. The van der Waals surface area contributed by atoms with E-state index in [9.17, 15) is 9.90 Å². The van der Waals surface area contributed by atoms with Gasteiger partial charge in [0.15, 0.2) is 6.10 Å². The summed E-state index contributed by atoms with van der Waals surface area (Å²) in [6.45, 7) is 1.12. The van der Waals surface area contributed by atoms with Crippen molar-refractivity contribution in [3.63, 3.8) is 0 Å². The van der Waals surface area contributed by atoms with Crippen molar-refractivity contribution in [1.29, 1.82) is 0 Å². The largest absolute Gasteiger partial charge is 0.508 e. The first-order valence-corrected chi connectivity index (χ1v) is 8.99. The Bertz CT molecular complexity index is 935. The number of phenols is 1. The van der Waals surface area contributed by atoms with Gasteiger partial charge in [0.2, 0.25) is 0 Å². The molecule has 2 N–H and O–H groups in total. The Morgan fingerprint density at radius 1 is 1.00 bits per heavy atom. The van der Waals surface area contributed by atoms with E-state index in [2.05, 4.69) is 5.32 Å². The Morgan fingerprint density at radius 2 is 1.78 bits per heavy atom. The molecule has 5 nitrogen and oxygen atoms in total. The highest BCUT2D eigenvalue weighted by Crippen LogP contribution is 2.35. The Hall–Kier alpha value is -2.89. The Kier molecular flexibility index (Phi) is 5.05. The number of ether oxygens (including phenoxy) is 2. The third-order valence-corrected chi connectivity index (χ3v) is 4.76. The summed E-state index contributed by atoms with van der Waals surface area (Å²) in [4.78, 5) is 12.8. The molecule has 138 valence electrons. The third kappa shape index (κ3) is 3.65. The van der Waals surface area contributed by atoms with Crippen LogP contribution < -0.4 is 5.32 Å². The van der Waals surface area contributed by atoms with Crippen LogP contribution in [0.2, 0.25) is 0 Å². The zero-order valence-corrected chi connectivity index (χ0v) is 14.8. The van der Waals surface area contributed by atoms with Gasteiger partial charge in [-0.1, -0.05) is 60.7 Å². The van der Waals surface area contributed by atoms with E-state index in [1.807, 2.05) is 60.7 Å². The van der Waals surface area contributed by atoms with E-state index in [4.69, 9.17) is 9.47 Å². The minimum Gasteiger partial charge on any atom is -0.508 e. The van der Waals surface area contributed by atoms with Gasteiger partial charge in [0, 0.05) is 5.56 Å². The van der Waals surface area contributed by atoms with Crippen LogP contribution in [0.4, 0.5) is 0 Å². The maximum absolute atomic E-state index is 12.8. The van der Waals surface area contributed by atoms with Gasteiger partial charge < -0.3 is 19.9 Å². The van der Waals surface area contributed by atoms with Gasteiger partial charge in [0.1, 0.15) is 5.75 Å². The predicted molar refractivity (Wildman–Crippen MR) is 103 cm³/mol. The molecule has 1 aliphatic heterocycles. The summed E-state index contributed by atoms with van der Waals surface area (Å²) in [5.41, 5.74) is 1.55. The molecule has 3 aromatic carbocycles. The fourth-order valence-electron chi connectivity index (χ4n) is 3.43. The van der Waals surface area contributed by atoms with Crippen molar-refractivity contribution < 1.29 is 19.4 Å². The van der Waals surface area contributed by atoms with Gasteiger partial charge in [-0.15, -0.1) is 0 Å². The molecule has 2 unspecified atom stereocenters. The number of hydrogen-bond acceptors (Lipinski definition) is 4. The van der Waals surface area contributed by atoms with Crippen LogP contribution in [-0.4, -0.2) is 36.9 Å². The number of hydrogen-bond donors (Lipinski definition) is 2. The van der Waals surface area contributed by atoms with Gasteiger partial charge in [0.25, 0.3) is 5.91 Å². The second kappa shape index (κ2) is 7.78. The third-order valence-electron chi connectivity index (χ3n) is 4.76. The number of benzene rings is 3. The van der Waals surface area contributed by atoms with Crippen LogP contribution in [0.3, 0.4) is 0 Å². The number of carbonyl (C=O) groups excluding carboxylic acids is 1. The van der Waals surface area contributed by atoms with Crippen LogP contribution in [0.25, 0.3) is 10.8 Å².